The molecule has 0 aliphatic carbocycles. The van der Waals surface area contributed by atoms with Crippen molar-refractivity contribution in [3.63, 3.8) is 0 Å². The number of benzene rings is 3. The Morgan fingerprint density at radius 2 is 1.46 bits per heavy atom. The molecule has 0 N–H and O–H groups in total. The van der Waals surface area contributed by atoms with Gasteiger partial charge >= 0.3 is 0 Å². The predicted molar refractivity (Wildman–Crippen MR) is 110 cm³/mol. The SMILES string of the molecule is COC1Oc2ccccc2-c2oc(-c3ccccc3)c(-c3ccc(C)cc3)c21. The molecule has 1 aliphatic rings. The van der Waals surface area contributed by atoms with Crippen LogP contribution in [0.2, 0.25) is 0 Å². The fraction of sp³-hybridized carbons (Fsp3) is 0.120. The van der Waals surface area contributed by atoms with Crippen LogP contribution in [0.3, 0.4) is 0 Å². The van der Waals surface area contributed by atoms with Crippen LogP contribution < -0.4 is 4.74 Å². The van der Waals surface area contributed by atoms with Gasteiger partial charge in [-0.15, -0.1) is 0 Å². The third-order valence-electron chi connectivity index (χ3n) is 5.14. The van der Waals surface area contributed by atoms with Crippen molar-refractivity contribution in [1.82, 2.24) is 0 Å². The van der Waals surface area contributed by atoms with Gasteiger partial charge in [-0.25, -0.2) is 0 Å². The average molecular weight is 368 g/mol. The lowest BCUT2D eigenvalue weighted by molar-refractivity contribution is -0.0579. The van der Waals surface area contributed by atoms with Crippen molar-refractivity contribution in [2.24, 2.45) is 0 Å². The van der Waals surface area contributed by atoms with Crippen LogP contribution in [0.15, 0.2) is 83.3 Å². The van der Waals surface area contributed by atoms with Gasteiger partial charge in [0.1, 0.15) is 17.3 Å². The van der Waals surface area contributed by atoms with E-state index in [9.17, 15) is 0 Å². The molecule has 0 saturated carbocycles. The van der Waals surface area contributed by atoms with Crippen LogP contribution in [0.25, 0.3) is 33.8 Å². The molecule has 3 heteroatoms. The molecule has 5 rings (SSSR count). The van der Waals surface area contributed by atoms with Crippen molar-refractivity contribution < 1.29 is 13.9 Å². The summed E-state index contributed by atoms with van der Waals surface area (Å²) in [6.45, 7) is 2.09. The van der Waals surface area contributed by atoms with Gasteiger partial charge in [-0.2, -0.15) is 0 Å². The van der Waals surface area contributed by atoms with Crippen molar-refractivity contribution >= 4 is 0 Å². The zero-order chi connectivity index (χ0) is 19.1. The van der Waals surface area contributed by atoms with Crippen LogP contribution in [0, 0.1) is 6.92 Å². The number of para-hydroxylation sites is 1. The molecule has 1 aliphatic heterocycles. The van der Waals surface area contributed by atoms with Gasteiger partial charge < -0.3 is 13.9 Å². The second-order valence-electron chi connectivity index (χ2n) is 6.96. The van der Waals surface area contributed by atoms with E-state index in [1.165, 1.54) is 5.56 Å². The monoisotopic (exact) mass is 368 g/mol. The summed E-state index contributed by atoms with van der Waals surface area (Å²) >= 11 is 0. The highest BCUT2D eigenvalue weighted by Gasteiger charge is 2.35. The molecule has 1 aromatic heterocycles. The fourth-order valence-corrected chi connectivity index (χ4v) is 3.77. The number of rotatable bonds is 3. The van der Waals surface area contributed by atoms with Gasteiger partial charge in [-0.3, -0.25) is 0 Å². The first kappa shape index (κ1) is 16.8. The number of furan rings is 1. The molecular formula is C25H20O3. The summed E-state index contributed by atoms with van der Waals surface area (Å²) in [5.41, 5.74) is 6.22. The lowest BCUT2D eigenvalue weighted by Crippen LogP contribution is -2.15. The molecule has 0 spiro atoms. The van der Waals surface area contributed by atoms with Gasteiger partial charge in [0.15, 0.2) is 0 Å². The molecule has 0 amide bonds. The van der Waals surface area contributed by atoms with Crippen LogP contribution in [-0.2, 0) is 4.74 Å². The molecule has 3 nitrogen and oxygen atoms in total. The molecule has 3 aromatic carbocycles. The summed E-state index contributed by atoms with van der Waals surface area (Å²) in [5, 5.41) is 0. The zero-order valence-corrected chi connectivity index (χ0v) is 15.8. The quantitative estimate of drug-likeness (QED) is 0.407. The Hall–Kier alpha value is -3.30. The number of ether oxygens (including phenoxy) is 2. The summed E-state index contributed by atoms with van der Waals surface area (Å²) in [5.74, 6) is 2.41. The van der Waals surface area contributed by atoms with Gasteiger partial charge in [-0.1, -0.05) is 72.3 Å². The summed E-state index contributed by atoms with van der Waals surface area (Å²) in [7, 11) is 1.66. The predicted octanol–water partition coefficient (Wildman–Crippen LogP) is 6.63. The van der Waals surface area contributed by atoms with Crippen LogP contribution in [0.1, 0.15) is 17.4 Å². The van der Waals surface area contributed by atoms with Gasteiger partial charge in [-0.05, 0) is 24.6 Å². The highest BCUT2D eigenvalue weighted by molar-refractivity contribution is 5.89. The third-order valence-corrected chi connectivity index (χ3v) is 5.14. The van der Waals surface area contributed by atoms with Crippen LogP contribution in [-0.4, -0.2) is 7.11 Å². The summed E-state index contributed by atoms with van der Waals surface area (Å²) < 4.78 is 18.4. The minimum atomic E-state index is -0.526. The van der Waals surface area contributed by atoms with Crippen molar-refractivity contribution in [1.29, 1.82) is 0 Å². The molecule has 2 heterocycles. The van der Waals surface area contributed by atoms with Crippen LogP contribution in [0.4, 0.5) is 0 Å². The second kappa shape index (κ2) is 6.70. The first-order chi connectivity index (χ1) is 13.8. The Morgan fingerprint density at radius 3 is 2.21 bits per heavy atom. The Morgan fingerprint density at radius 1 is 0.750 bits per heavy atom. The van der Waals surface area contributed by atoms with Crippen molar-refractivity contribution in [2.75, 3.05) is 7.11 Å². The van der Waals surface area contributed by atoms with E-state index in [4.69, 9.17) is 13.9 Å². The van der Waals surface area contributed by atoms with Gasteiger partial charge in [0.05, 0.1) is 11.1 Å². The second-order valence-corrected chi connectivity index (χ2v) is 6.96. The Kier molecular flexibility index (Phi) is 4.03. The van der Waals surface area contributed by atoms with Gasteiger partial charge in [0, 0.05) is 18.2 Å². The summed E-state index contributed by atoms with van der Waals surface area (Å²) in [6, 6.07) is 26.6. The molecule has 1 atom stereocenters. The Labute approximate surface area is 164 Å². The zero-order valence-electron chi connectivity index (χ0n) is 15.8. The van der Waals surface area contributed by atoms with Crippen molar-refractivity contribution in [3.05, 3.63) is 90.0 Å². The van der Waals surface area contributed by atoms with E-state index < -0.39 is 6.29 Å². The third kappa shape index (κ3) is 2.63. The lowest BCUT2D eigenvalue weighted by Gasteiger charge is -2.25. The molecule has 0 saturated heterocycles. The average Bonchev–Trinajstić information content (AvgIpc) is 3.15. The highest BCUT2D eigenvalue weighted by Crippen LogP contribution is 2.51. The van der Waals surface area contributed by atoms with E-state index in [1.54, 1.807) is 7.11 Å². The Bertz CT molecular complexity index is 1120. The number of hydrogen-bond acceptors (Lipinski definition) is 3. The van der Waals surface area contributed by atoms with E-state index >= 15 is 0 Å². The minimum Gasteiger partial charge on any atom is -0.460 e. The Balaban J connectivity index is 1.84. The summed E-state index contributed by atoms with van der Waals surface area (Å²) in [6.07, 6.45) is -0.526. The molecule has 138 valence electrons. The van der Waals surface area contributed by atoms with E-state index in [1.807, 2.05) is 42.5 Å². The maximum Gasteiger partial charge on any atom is 0.230 e. The first-order valence-electron chi connectivity index (χ1n) is 9.34. The van der Waals surface area contributed by atoms with E-state index in [-0.39, 0.29) is 0 Å². The van der Waals surface area contributed by atoms with Crippen molar-refractivity contribution in [3.8, 4) is 39.5 Å². The molecular weight excluding hydrogens is 348 g/mol. The molecule has 0 radical (unpaired) electrons. The lowest BCUT2D eigenvalue weighted by atomic mass is 9.93. The van der Waals surface area contributed by atoms with E-state index in [0.29, 0.717) is 0 Å². The number of hydrogen-bond donors (Lipinski definition) is 0. The molecule has 0 fully saturated rings. The number of methoxy groups -OCH3 is 1. The molecule has 1 unspecified atom stereocenters. The van der Waals surface area contributed by atoms with E-state index in [0.717, 1.165) is 45.1 Å². The maximum atomic E-state index is 6.51. The normalized spacial score (nSPS) is 14.9. The topological polar surface area (TPSA) is 31.6 Å². The molecule has 0 bridgehead atoms. The van der Waals surface area contributed by atoms with Gasteiger partial charge in [0.2, 0.25) is 6.29 Å². The van der Waals surface area contributed by atoms with Gasteiger partial charge in [0.25, 0.3) is 0 Å². The number of fused-ring (bicyclic) bond motifs is 3. The summed E-state index contributed by atoms with van der Waals surface area (Å²) in [4.78, 5) is 0. The molecule has 4 aromatic rings. The minimum absolute atomic E-state index is 0.526. The first-order valence-corrected chi connectivity index (χ1v) is 9.34. The standard InChI is InChI=1S/C25H20O3/c1-16-12-14-17(15-13-16)21-22-24(28-23(21)18-8-4-3-5-9-18)19-10-6-7-11-20(19)27-25(22)26-2/h3-15,25H,1-2H3. The van der Waals surface area contributed by atoms with Crippen LogP contribution in [0.5, 0.6) is 5.75 Å². The maximum absolute atomic E-state index is 6.51. The van der Waals surface area contributed by atoms with E-state index in [2.05, 4.69) is 43.3 Å². The fourth-order valence-electron chi connectivity index (χ4n) is 3.77. The smallest absolute Gasteiger partial charge is 0.230 e. The largest absolute Gasteiger partial charge is 0.460 e. The van der Waals surface area contributed by atoms with Crippen molar-refractivity contribution in [2.45, 2.75) is 13.2 Å². The van der Waals surface area contributed by atoms with Crippen LogP contribution >= 0.6 is 0 Å². The number of aryl methyl sites for hydroxylation is 1. The molecule has 28 heavy (non-hydrogen) atoms. The highest BCUT2D eigenvalue weighted by atomic mass is 16.7.